The molecule has 3 rings (SSSR count). The number of aliphatic imine (C=N–C) groups is 1. The van der Waals surface area contributed by atoms with Gasteiger partial charge in [0.05, 0.1) is 11.7 Å². The average molecular weight is 351 g/mol. The van der Waals surface area contributed by atoms with E-state index in [2.05, 4.69) is 56.8 Å². The van der Waals surface area contributed by atoms with Crippen LogP contribution in [0.1, 0.15) is 43.9 Å². The predicted octanol–water partition coefficient (Wildman–Crippen LogP) is 3.56. The molecule has 5 heteroatoms. The second-order valence-corrected chi connectivity index (χ2v) is 6.81. The number of rotatable bonds is 6. The molecule has 0 radical (unpaired) electrons. The van der Waals surface area contributed by atoms with E-state index in [9.17, 15) is 0 Å². The van der Waals surface area contributed by atoms with E-state index in [0.29, 0.717) is 0 Å². The summed E-state index contributed by atoms with van der Waals surface area (Å²) in [6, 6.07) is 0.201. The number of likely N-dealkylation sites (N-methyl/N-ethyl adjacent to an activating group) is 1. The second kappa shape index (κ2) is 8.90. The lowest BCUT2D eigenvalue weighted by atomic mass is 9.98. The van der Waals surface area contributed by atoms with E-state index < -0.39 is 0 Å². The van der Waals surface area contributed by atoms with Crippen LogP contribution in [0.3, 0.4) is 0 Å². The molecule has 1 aromatic heterocycles. The average Bonchev–Trinajstić information content (AvgIpc) is 2.91. The molecule has 0 amide bonds. The highest BCUT2D eigenvalue weighted by Crippen LogP contribution is 2.30. The maximum Gasteiger partial charge on any atom is 0.133 e. The number of aromatic nitrogens is 2. The molecule has 0 saturated carbocycles. The van der Waals surface area contributed by atoms with Crippen LogP contribution in [-0.2, 0) is 6.42 Å². The minimum Gasteiger partial charge on any atom is -0.362 e. The summed E-state index contributed by atoms with van der Waals surface area (Å²) in [5.41, 5.74) is 5.74. The van der Waals surface area contributed by atoms with E-state index in [1.165, 1.54) is 11.1 Å². The van der Waals surface area contributed by atoms with Gasteiger partial charge in [-0.25, -0.2) is 9.97 Å². The molecule has 0 bridgehead atoms. The van der Waals surface area contributed by atoms with Crippen LogP contribution < -0.4 is 10.6 Å². The Labute approximate surface area is 156 Å². The maximum atomic E-state index is 4.61. The molecule has 0 aromatic carbocycles. The molecule has 1 unspecified atom stereocenters. The Hall–Kier alpha value is -2.27. The summed E-state index contributed by atoms with van der Waals surface area (Å²) < 4.78 is 0. The third-order valence-corrected chi connectivity index (χ3v) is 5.05. The van der Waals surface area contributed by atoms with Crippen LogP contribution in [-0.4, -0.2) is 42.4 Å². The highest BCUT2D eigenvalue weighted by molar-refractivity contribution is 6.22. The van der Waals surface area contributed by atoms with Crippen LogP contribution in [0.15, 0.2) is 41.2 Å². The van der Waals surface area contributed by atoms with Gasteiger partial charge in [-0.3, -0.25) is 4.99 Å². The second-order valence-electron chi connectivity index (χ2n) is 6.81. The molecule has 5 nitrogen and oxygen atoms in total. The molecule has 0 aliphatic heterocycles. The summed E-state index contributed by atoms with van der Waals surface area (Å²) in [6.07, 6.45) is 16.1. The summed E-state index contributed by atoms with van der Waals surface area (Å²) in [5.74, 6) is 0.951. The first kappa shape index (κ1) is 18.5. The first-order valence-corrected chi connectivity index (χ1v) is 9.50. The van der Waals surface area contributed by atoms with Crippen LogP contribution in [0.2, 0.25) is 0 Å². The topological polar surface area (TPSA) is 62.2 Å². The summed E-state index contributed by atoms with van der Waals surface area (Å²) in [4.78, 5) is 13.6. The van der Waals surface area contributed by atoms with Gasteiger partial charge in [0.25, 0.3) is 0 Å². The summed E-state index contributed by atoms with van der Waals surface area (Å²) in [6.45, 7) is 2.91. The first-order valence-electron chi connectivity index (χ1n) is 9.50. The molecule has 26 heavy (non-hydrogen) atoms. The molecule has 1 heterocycles. The Kier molecular flexibility index (Phi) is 6.34. The Morgan fingerprint density at radius 3 is 2.85 bits per heavy atom. The van der Waals surface area contributed by atoms with Gasteiger partial charge >= 0.3 is 0 Å². The van der Waals surface area contributed by atoms with Crippen LogP contribution in [0, 0.1) is 0 Å². The molecular formula is C21H29N5. The van der Waals surface area contributed by atoms with Gasteiger partial charge in [0.2, 0.25) is 0 Å². The lowest BCUT2D eigenvalue weighted by Gasteiger charge is -2.24. The van der Waals surface area contributed by atoms with Crippen molar-refractivity contribution in [1.29, 1.82) is 0 Å². The van der Waals surface area contributed by atoms with Gasteiger partial charge in [-0.2, -0.15) is 0 Å². The summed E-state index contributed by atoms with van der Waals surface area (Å²) in [7, 11) is 3.83. The van der Waals surface area contributed by atoms with Gasteiger partial charge in [0.15, 0.2) is 0 Å². The normalized spacial score (nSPS) is 18.5. The number of nitrogens with zero attached hydrogens (tertiary/aromatic N) is 3. The van der Waals surface area contributed by atoms with Crippen molar-refractivity contribution in [2.45, 2.75) is 45.1 Å². The third-order valence-electron chi connectivity index (χ3n) is 5.05. The van der Waals surface area contributed by atoms with Crippen LogP contribution in [0.4, 0.5) is 5.82 Å². The van der Waals surface area contributed by atoms with E-state index >= 15 is 0 Å². The van der Waals surface area contributed by atoms with Gasteiger partial charge in [-0.1, -0.05) is 24.3 Å². The van der Waals surface area contributed by atoms with Crippen molar-refractivity contribution in [1.82, 2.24) is 15.3 Å². The highest BCUT2D eigenvalue weighted by atomic mass is 15.1. The number of anilines is 1. The molecule has 2 N–H and O–H groups in total. The fourth-order valence-electron chi connectivity index (χ4n) is 3.58. The van der Waals surface area contributed by atoms with Crippen molar-refractivity contribution in [3.8, 4) is 0 Å². The van der Waals surface area contributed by atoms with Crippen LogP contribution in [0.25, 0.3) is 5.57 Å². The van der Waals surface area contributed by atoms with Crippen LogP contribution >= 0.6 is 0 Å². The quantitative estimate of drug-likeness (QED) is 0.769. The Bertz CT molecular complexity index is 758. The number of hydrogen-bond donors (Lipinski definition) is 2. The largest absolute Gasteiger partial charge is 0.362 e. The van der Waals surface area contributed by atoms with Gasteiger partial charge in [-0.05, 0) is 51.6 Å². The Morgan fingerprint density at radius 1 is 1.23 bits per heavy atom. The highest BCUT2D eigenvalue weighted by Gasteiger charge is 2.21. The zero-order chi connectivity index (χ0) is 18.4. The van der Waals surface area contributed by atoms with E-state index in [1.54, 1.807) is 6.33 Å². The standard InChI is InChI=1S/C21H29N5/c1-15(23-3)17-11-7-8-12-18-20(17)24-14-25-21(18)26-19(13-22-2)16-9-5-4-6-10-16/h5,9-11,14,19,22H,4,6-8,12-13H2,1-3H3,(H,24,25,26). The first-order chi connectivity index (χ1) is 12.7. The minimum atomic E-state index is 0.201. The van der Waals surface area contributed by atoms with Crippen molar-refractivity contribution in [3.05, 3.63) is 47.5 Å². The van der Waals surface area contributed by atoms with Crippen LogP contribution in [0.5, 0.6) is 0 Å². The minimum absolute atomic E-state index is 0.201. The van der Waals surface area contributed by atoms with Crippen molar-refractivity contribution in [3.63, 3.8) is 0 Å². The zero-order valence-electron chi connectivity index (χ0n) is 16.0. The van der Waals surface area contributed by atoms with Crippen molar-refractivity contribution < 1.29 is 0 Å². The third kappa shape index (κ3) is 4.10. The molecular weight excluding hydrogens is 322 g/mol. The molecule has 2 aliphatic carbocycles. The monoisotopic (exact) mass is 351 g/mol. The number of fused-ring (bicyclic) bond motifs is 1. The Morgan fingerprint density at radius 2 is 2.12 bits per heavy atom. The molecule has 0 saturated heterocycles. The Balaban J connectivity index is 1.95. The molecule has 1 atom stereocenters. The van der Waals surface area contributed by atoms with Gasteiger partial charge in [0.1, 0.15) is 12.1 Å². The van der Waals surface area contributed by atoms with Crippen molar-refractivity contribution in [2.75, 3.05) is 26.0 Å². The molecule has 2 aliphatic rings. The van der Waals surface area contributed by atoms with Gasteiger partial charge in [-0.15, -0.1) is 0 Å². The fraction of sp³-hybridized carbons (Fsp3) is 0.476. The smallest absolute Gasteiger partial charge is 0.133 e. The SMILES string of the molecule is CN=C(C)C1=CCCCc2c(NC(CNC)C3=CCCC=C3)ncnc21. The van der Waals surface area contributed by atoms with E-state index in [4.69, 9.17) is 0 Å². The van der Waals surface area contributed by atoms with Gasteiger partial charge < -0.3 is 10.6 Å². The van der Waals surface area contributed by atoms with Crippen molar-refractivity contribution in [2.24, 2.45) is 4.99 Å². The zero-order valence-corrected chi connectivity index (χ0v) is 16.0. The summed E-state index contributed by atoms with van der Waals surface area (Å²) in [5, 5.41) is 6.99. The lowest BCUT2D eigenvalue weighted by Crippen LogP contribution is -2.33. The molecule has 1 aromatic rings. The van der Waals surface area contributed by atoms with Crippen molar-refractivity contribution >= 4 is 17.1 Å². The fourth-order valence-corrected chi connectivity index (χ4v) is 3.58. The molecule has 0 fully saturated rings. The molecule has 0 spiro atoms. The predicted molar refractivity (Wildman–Crippen MR) is 110 cm³/mol. The number of hydrogen-bond acceptors (Lipinski definition) is 5. The lowest BCUT2D eigenvalue weighted by molar-refractivity contribution is 0.715. The number of allylic oxidation sites excluding steroid dienone is 4. The van der Waals surface area contributed by atoms with E-state index in [0.717, 1.165) is 61.4 Å². The summed E-state index contributed by atoms with van der Waals surface area (Å²) >= 11 is 0. The van der Waals surface area contributed by atoms with E-state index in [-0.39, 0.29) is 6.04 Å². The molecule has 138 valence electrons. The van der Waals surface area contributed by atoms with Gasteiger partial charge in [0, 0.05) is 30.4 Å². The maximum absolute atomic E-state index is 4.61. The number of nitrogens with one attached hydrogen (secondary N) is 2. The van der Waals surface area contributed by atoms with E-state index in [1.807, 2.05) is 14.1 Å².